The molecule has 1 amide bonds. The van der Waals surface area contributed by atoms with Crippen molar-refractivity contribution in [1.82, 2.24) is 4.57 Å². The molecular weight excluding hydrogens is 392 g/mol. The van der Waals surface area contributed by atoms with Crippen molar-refractivity contribution < 1.29 is 19.1 Å². The van der Waals surface area contributed by atoms with Gasteiger partial charge in [0.05, 0.1) is 19.9 Å². The summed E-state index contributed by atoms with van der Waals surface area (Å²) < 4.78 is 12.6. The highest BCUT2D eigenvalue weighted by molar-refractivity contribution is 5.97. The predicted molar refractivity (Wildman–Crippen MR) is 122 cm³/mol. The summed E-state index contributed by atoms with van der Waals surface area (Å²) in [5.74, 6) is 1.26. The Morgan fingerprint density at radius 1 is 0.968 bits per heavy atom. The SMILES string of the molecule is COc1ccc(-c2cc(C(C)=O)c(C)n2CCC(=O)Nc2cc(C)ccc2OC)cc1. The van der Waals surface area contributed by atoms with Crippen LogP contribution in [-0.2, 0) is 11.3 Å². The number of hydrogen-bond acceptors (Lipinski definition) is 4. The summed E-state index contributed by atoms with van der Waals surface area (Å²) in [5.41, 5.74) is 5.04. The lowest BCUT2D eigenvalue weighted by Gasteiger charge is -2.14. The minimum absolute atomic E-state index is 0.0000367. The number of amides is 1. The van der Waals surface area contributed by atoms with Crippen molar-refractivity contribution in [1.29, 1.82) is 0 Å². The first kappa shape index (κ1) is 22.2. The van der Waals surface area contributed by atoms with Crippen LogP contribution in [0.4, 0.5) is 5.69 Å². The van der Waals surface area contributed by atoms with E-state index in [1.54, 1.807) is 21.1 Å². The number of nitrogens with one attached hydrogen (secondary N) is 1. The molecule has 31 heavy (non-hydrogen) atoms. The Kier molecular flexibility index (Phi) is 6.80. The highest BCUT2D eigenvalue weighted by Gasteiger charge is 2.17. The van der Waals surface area contributed by atoms with E-state index in [9.17, 15) is 9.59 Å². The number of nitrogens with zero attached hydrogens (tertiary/aromatic N) is 1. The third kappa shape index (κ3) is 4.97. The van der Waals surface area contributed by atoms with E-state index in [1.165, 1.54) is 0 Å². The van der Waals surface area contributed by atoms with Crippen LogP contribution in [0.25, 0.3) is 11.3 Å². The van der Waals surface area contributed by atoms with Crippen molar-refractivity contribution in [2.75, 3.05) is 19.5 Å². The molecule has 3 aromatic rings. The Bertz CT molecular complexity index is 1100. The van der Waals surface area contributed by atoms with Gasteiger partial charge in [0, 0.05) is 29.9 Å². The molecule has 0 unspecified atom stereocenters. The number of Topliss-reactive ketones (excluding diaryl/α,β-unsaturated/α-hetero) is 1. The lowest BCUT2D eigenvalue weighted by Crippen LogP contribution is -2.16. The standard InChI is InChI=1S/C25H28N2O4/c1-16-6-11-24(31-5)22(14-16)26-25(29)12-13-27-17(2)21(18(3)28)15-23(27)19-7-9-20(30-4)10-8-19/h6-11,14-15H,12-13H2,1-5H3,(H,26,29). The van der Waals surface area contributed by atoms with Gasteiger partial charge in [0.2, 0.25) is 5.91 Å². The molecule has 0 fully saturated rings. The van der Waals surface area contributed by atoms with Crippen molar-refractivity contribution in [3.63, 3.8) is 0 Å². The van der Waals surface area contributed by atoms with E-state index in [-0.39, 0.29) is 18.1 Å². The zero-order valence-electron chi connectivity index (χ0n) is 18.6. The molecule has 0 saturated heterocycles. The second-order valence-electron chi connectivity index (χ2n) is 7.47. The molecule has 1 heterocycles. The van der Waals surface area contributed by atoms with Crippen LogP contribution < -0.4 is 14.8 Å². The van der Waals surface area contributed by atoms with Crippen LogP contribution in [0.3, 0.4) is 0 Å². The molecule has 162 valence electrons. The maximum atomic E-state index is 12.7. The third-order valence-electron chi connectivity index (χ3n) is 5.32. The first-order valence-electron chi connectivity index (χ1n) is 10.1. The predicted octanol–water partition coefficient (Wildman–Crippen LogP) is 5.02. The third-order valence-corrected chi connectivity index (χ3v) is 5.32. The summed E-state index contributed by atoms with van der Waals surface area (Å²) in [6.45, 7) is 5.87. The molecule has 0 aliphatic rings. The number of methoxy groups -OCH3 is 2. The topological polar surface area (TPSA) is 69.6 Å². The number of ketones is 1. The summed E-state index contributed by atoms with van der Waals surface area (Å²) in [6, 6.07) is 15.2. The average Bonchev–Trinajstić information content (AvgIpc) is 3.09. The largest absolute Gasteiger partial charge is 0.497 e. The number of benzene rings is 2. The Hall–Kier alpha value is -3.54. The van der Waals surface area contributed by atoms with Crippen molar-refractivity contribution in [2.24, 2.45) is 0 Å². The van der Waals surface area contributed by atoms with Gasteiger partial charge >= 0.3 is 0 Å². The summed E-state index contributed by atoms with van der Waals surface area (Å²) in [4.78, 5) is 24.8. The lowest BCUT2D eigenvalue weighted by molar-refractivity contribution is -0.116. The normalized spacial score (nSPS) is 10.6. The Labute approximate surface area is 182 Å². The number of carbonyl (C=O) groups is 2. The van der Waals surface area contributed by atoms with Gasteiger partial charge in [-0.05, 0) is 74.4 Å². The molecular formula is C25H28N2O4. The fourth-order valence-electron chi connectivity index (χ4n) is 3.64. The van der Waals surface area contributed by atoms with Crippen molar-refractivity contribution in [3.05, 3.63) is 65.4 Å². The molecule has 1 N–H and O–H groups in total. The molecule has 6 nitrogen and oxygen atoms in total. The Morgan fingerprint density at radius 2 is 1.68 bits per heavy atom. The number of hydrogen-bond donors (Lipinski definition) is 1. The molecule has 0 radical (unpaired) electrons. The van der Waals surface area contributed by atoms with Crippen LogP contribution in [0, 0.1) is 13.8 Å². The van der Waals surface area contributed by atoms with Gasteiger partial charge in [-0.15, -0.1) is 0 Å². The van der Waals surface area contributed by atoms with Gasteiger partial charge in [-0.1, -0.05) is 6.07 Å². The first-order valence-corrected chi connectivity index (χ1v) is 10.1. The van der Waals surface area contributed by atoms with Gasteiger partial charge in [-0.3, -0.25) is 9.59 Å². The van der Waals surface area contributed by atoms with Crippen LogP contribution in [-0.4, -0.2) is 30.5 Å². The zero-order valence-corrected chi connectivity index (χ0v) is 18.6. The number of rotatable bonds is 8. The highest BCUT2D eigenvalue weighted by Crippen LogP contribution is 2.29. The van der Waals surface area contributed by atoms with E-state index in [0.29, 0.717) is 23.5 Å². The summed E-state index contributed by atoms with van der Waals surface area (Å²) in [6.07, 6.45) is 0.257. The highest BCUT2D eigenvalue weighted by atomic mass is 16.5. The molecule has 0 saturated carbocycles. The van der Waals surface area contributed by atoms with E-state index in [4.69, 9.17) is 9.47 Å². The van der Waals surface area contributed by atoms with E-state index < -0.39 is 0 Å². The summed E-state index contributed by atoms with van der Waals surface area (Å²) >= 11 is 0. The van der Waals surface area contributed by atoms with Crippen molar-refractivity contribution >= 4 is 17.4 Å². The number of carbonyl (C=O) groups excluding carboxylic acids is 2. The summed E-state index contributed by atoms with van der Waals surface area (Å²) in [7, 11) is 3.20. The maximum Gasteiger partial charge on any atom is 0.226 e. The van der Waals surface area contributed by atoms with E-state index in [1.807, 2.05) is 66.9 Å². The molecule has 0 bridgehead atoms. The molecule has 0 aliphatic heterocycles. The minimum atomic E-state index is -0.123. The van der Waals surface area contributed by atoms with Crippen LogP contribution in [0.2, 0.25) is 0 Å². The number of aryl methyl sites for hydroxylation is 1. The van der Waals surface area contributed by atoms with Crippen LogP contribution >= 0.6 is 0 Å². The van der Waals surface area contributed by atoms with E-state index >= 15 is 0 Å². The zero-order chi connectivity index (χ0) is 22.5. The van der Waals surface area contributed by atoms with Gasteiger partial charge in [-0.25, -0.2) is 0 Å². The monoisotopic (exact) mass is 420 g/mol. The lowest BCUT2D eigenvalue weighted by atomic mass is 10.1. The Balaban J connectivity index is 1.84. The molecule has 1 aromatic heterocycles. The molecule has 3 rings (SSSR count). The van der Waals surface area contributed by atoms with Crippen LogP contribution in [0.1, 0.15) is 35.0 Å². The second kappa shape index (κ2) is 9.51. The fourth-order valence-corrected chi connectivity index (χ4v) is 3.64. The van der Waals surface area contributed by atoms with Crippen molar-refractivity contribution in [2.45, 2.75) is 33.7 Å². The average molecular weight is 421 g/mol. The number of aromatic nitrogens is 1. The minimum Gasteiger partial charge on any atom is -0.497 e. The van der Waals surface area contributed by atoms with E-state index in [2.05, 4.69) is 5.32 Å². The number of anilines is 1. The van der Waals surface area contributed by atoms with Gasteiger partial charge in [0.15, 0.2) is 5.78 Å². The van der Waals surface area contributed by atoms with E-state index in [0.717, 1.165) is 28.3 Å². The van der Waals surface area contributed by atoms with Gasteiger partial charge in [-0.2, -0.15) is 0 Å². The van der Waals surface area contributed by atoms with Crippen LogP contribution in [0.5, 0.6) is 11.5 Å². The second-order valence-corrected chi connectivity index (χ2v) is 7.47. The molecule has 0 atom stereocenters. The molecule has 2 aromatic carbocycles. The quantitative estimate of drug-likeness (QED) is 0.520. The maximum absolute atomic E-state index is 12.7. The fraction of sp³-hybridized carbons (Fsp3) is 0.280. The number of ether oxygens (including phenoxy) is 2. The van der Waals surface area contributed by atoms with Gasteiger partial charge < -0.3 is 19.4 Å². The molecule has 6 heteroatoms. The van der Waals surface area contributed by atoms with Crippen molar-refractivity contribution in [3.8, 4) is 22.8 Å². The Morgan fingerprint density at radius 3 is 2.29 bits per heavy atom. The summed E-state index contributed by atoms with van der Waals surface area (Å²) in [5, 5.41) is 2.94. The smallest absolute Gasteiger partial charge is 0.226 e. The van der Waals surface area contributed by atoms with Crippen LogP contribution in [0.15, 0.2) is 48.5 Å². The molecule has 0 spiro atoms. The van der Waals surface area contributed by atoms with Gasteiger partial charge in [0.1, 0.15) is 11.5 Å². The first-order chi connectivity index (χ1) is 14.8. The molecule has 0 aliphatic carbocycles. The van der Waals surface area contributed by atoms with Gasteiger partial charge in [0.25, 0.3) is 0 Å².